The fourth-order valence-corrected chi connectivity index (χ4v) is 2.97. The molecule has 1 aromatic rings. The molecule has 4 heteroatoms. The molecule has 20 heavy (non-hydrogen) atoms. The second-order valence-electron chi connectivity index (χ2n) is 6.33. The largest absolute Gasteiger partial charge is 0.316 e. The molecule has 1 N–H and O–H groups in total. The molecule has 1 unspecified atom stereocenters. The maximum Gasteiger partial charge on any atom is 0.0764 e. The first-order valence-corrected chi connectivity index (χ1v) is 8.16. The van der Waals surface area contributed by atoms with Crippen LogP contribution in [0.3, 0.4) is 0 Å². The monoisotopic (exact) mass is 278 g/mol. The molecule has 1 aromatic heterocycles. The fraction of sp³-hybridized carbons (Fsp3) is 0.812. The lowest BCUT2D eigenvalue weighted by Gasteiger charge is -2.29. The molecule has 0 radical (unpaired) electrons. The van der Waals surface area contributed by atoms with E-state index in [2.05, 4.69) is 53.0 Å². The van der Waals surface area contributed by atoms with E-state index < -0.39 is 0 Å². The van der Waals surface area contributed by atoms with E-state index in [9.17, 15) is 0 Å². The number of hydrogen-bond acceptors (Lipinski definition) is 3. The van der Waals surface area contributed by atoms with Crippen molar-refractivity contribution in [2.24, 2.45) is 5.92 Å². The van der Waals surface area contributed by atoms with Gasteiger partial charge >= 0.3 is 0 Å². The van der Waals surface area contributed by atoms with Gasteiger partial charge in [-0.25, -0.2) is 0 Å². The zero-order valence-corrected chi connectivity index (χ0v) is 13.3. The van der Waals surface area contributed by atoms with Gasteiger partial charge in [0.2, 0.25) is 0 Å². The predicted octanol–water partition coefficient (Wildman–Crippen LogP) is 2.68. The zero-order chi connectivity index (χ0) is 14.4. The first-order valence-electron chi connectivity index (χ1n) is 8.16. The lowest BCUT2D eigenvalue weighted by Crippen LogP contribution is -2.38. The van der Waals surface area contributed by atoms with Crippen molar-refractivity contribution in [1.29, 1.82) is 0 Å². The van der Waals surface area contributed by atoms with E-state index in [4.69, 9.17) is 0 Å². The van der Waals surface area contributed by atoms with Gasteiger partial charge in [0.05, 0.1) is 5.69 Å². The average molecular weight is 278 g/mol. The molecule has 0 spiro atoms. The number of rotatable bonds is 7. The maximum atomic E-state index is 4.68. The van der Waals surface area contributed by atoms with Crippen molar-refractivity contribution in [2.45, 2.75) is 52.6 Å². The van der Waals surface area contributed by atoms with Gasteiger partial charge in [-0.2, -0.15) is 5.10 Å². The highest BCUT2D eigenvalue weighted by Gasteiger charge is 2.17. The highest BCUT2D eigenvalue weighted by Crippen LogP contribution is 2.14. The van der Waals surface area contributed by atoms with Crippen LogP contribution >= 0.6 is 0 Å². The Morgan fingerprint density at radius 2 is 2.35 bits per heavy atom. The van der Waals surface area contributed by atoms with Crippen LogP contribution in [0.15, 0.2) is 12.3 Å². The topological polar surface area (TPSA) is 33.1 Å². The Morgan fingerprint density at radius 3 is 2.95 bits per heavy atom. The van der Waals surface area contributed by atoms with Crippen molar-refractivity contribution in [2.75, 3.05) is 26.2 Å². The molecule has 4 nitrogen and oxygen atoms in total. The number of hydrogen-bond donors (Lipinski definition) is 1. The molecular weight excluding hydrogens is 248 g/mol. The molecular formula is C16H30N4. The Balaban J connectivity index is 1.89. The van der Waals surface area contributed by atoms with Gasteiger partial charge in [0.25, 0.3) is 0 Å². The minimum Gasteiger partial charge on any atom is -0.316 e. The Bertz CT molecular complexity index is 380. The summed E-state index contributed by atoms with van der Waals surface area (Å²) >= 11 is 0. The fourth-order valence-electron chi connectivity index (χ4n) is 2.97. The third kappa shape index (κ3) is 4.60. The van der Waals surface area contributed by atoms with Gasteiger partial charge in [0, 0.05) is 25.3 Å². The standard InChI is InChI=1S/C16H30N4/c1-4-9-19(12-15-6-5-8-17-11-15)13-16-7-10-20(18-16)14(2)3/h7,10,14-15,17H,4-6,8-9,11-13H2,1-3H3. The molecule has 2 rings (SSSR count). The van der Waals surface area contributed by atoms with Gasteiger partial charge in [-0.3, -0.25) is 9.58 Å². The van der Waals surface area contributed by atoms with E-state index in [1.54, 1.807) is 0 Å². The van der Waals surface area contributed by atoms with E-state index in [-0.39, 0.29) is 0 Å². The van der Waals surface area contributed by atoms with Crippen molar-refractivity contribution >= 4 is 0 Å². The van der Waals surface area contributed by atoms with Crippen molar-refractivity contribution in [3.8, 4) is 0 Å². The summed E-state index contributed by atoms with van der Waals surface area (Å²) < 4.78 is 2.06. The summed E-state index contributed by atoms with van der Waals surface area (Å²) in [5.74, 6) is 0.808. The average Bonchev–Trinajstić information content (AvgIpc) is 2.89. The second-order valence-corrected chi connectivity index (χ2v) is 6.33. The van der Waals surface area contributed by atoms with E-state index in [0.29, 0.717) is 6.04 Å². The number of aromatic nitrogens is 2. The molecule has 0 amide bonds. The second kappa shape index (κ2) is 7.79. The van der Waals surface area contributed by atoms with Crippen LogP contribution < -0.4 is 5.32 Å². The van der Waals surface area contributed by atoms with E-state index in [1.807, 2.05) is 0 Å². The minimum atomic E-state index is 0.450. The molecule has 1 aliphatic rings. The van der Waals surface area contributed by atoms with E-state index in [1.165, 1.54) is 51.1 Å². The maximum absolute atomic E-state index is 4.68. The summed E-state index contributed by atoms with van der Waals surface area (Å²) in [7, 11) is 0. The summed E-state index contributed by atoms with van der Waals surface area (Å²) in [5.41, 5.74) is 1.20. The van der Waals surface area contributed by atoms with Crippen LogP contribution in [0.1, 0.15) is 51.8 Å². The van der Waals surface area contributed by atoms with Crippen molar-refractivity contribution < 1.29 is 0 Å². The number of nitrogens with zero attached hydrogens (tertiary/aromatic N) is 3. The summed E-state index contributed by atoms with van der Waals surface area (Å²) in [5, 5.41) is 8.20. The lowest BCUT2D eigenvalue weighted by molar-refractivity contribution is 0.199. The van der Waals surface area contributed by atoms with Crippen LogP contribution in [0.25, 0.3) is 0 Å². The van der Waals surface area contributed by atoms with Crippen LogP contribution in [0.4, 0.5) is 0 Å². The first kappa shape index (κ1) is 15.5. The third-order valence-electron chi connectivity index (χ3n) is 4.03. The van der Waals surface area contributed by atoms with E-state index >= 15 is 0 Å². The summed E-state index contributed by atoms with van der Waals surface area (Å²) in [4.78, 5) is 2.57. The number of piperidine rings is 1. The molecule has 1 aliphatic heterocycles. The van der Waals surface area contributed by atoms with Gasteiger partial charge < -0.3 is 5.32 Å². The van der Waals surface area contributed by atoms with Crippen molar-refractivity contribution in [3.63, 3.8) is 0 Å². The Morgan fingerprint density at radius 1 is 1.50 bits per heavy atom. The smallest absolute Gasteiger partial charge is 0.0764 e. The molecule has 2 heterocycles. The minimum absolute atomic E-state index is 0.450. The molecule has 0 saturated carbocycles. The van der Waals surface area contributed by atoms with Crippen molar-refractivity contribution in [1.82, 2.24) is 20.0 Å². The molecule has 0 aromatic carbocycles. The SMILES string of the molecule is CCCN(Cc1ccn(C(C)C)n1)CC1CCCNC1. The Kier molecular flexibility index (Phi) is 6.05. The van der Waals surface area contributed by atoms with Gasteiger partial charge in [0.1, 0.15) is 0 Å². The molecule has 1 saturated heterocycles. The lowest BCUT2D eigenvalue weighted by atomic mass is 9.99. The first-order chi connectivity index (χ1) is 9.69. The quantitative estimate of drug-likeness (QED) is 0.832. The van der Waals surface area contributed by atoms with Gasteiger partial charge in [-0.1, -0.05) is 6.92 Å². The van der Waals surface area contributed by atoms with Crippen molar-refractivity contribution in [3.05, 3.63) is 18.0 Å². The molecule has 1 atom stereocenters. The predicted molar refractivity (Wildman–Crippen MR) is 83.8 cm³/mol. The molecule has 0 bridgehead atoms. The summed E-state index contributed by atoms with van der Waals surface area (Å²) in [6.07, 6.45) is 6.01. The van der Waals surface area contributed by atoms with Crippen LogP contribution in [-0.2, 0) is 6.54 Å². The zero-order valence-electron chi connectivity index (χ0n) is 13.3. The highest BCUT2D eigenvalue weighted by atomic mass is 15.3. The normalized spacial score (nSPS) is 19.9. The Hall–Kier alpha value is -0.870. The van der Waals surface area contributed by atoms with Gasteiger partial charge in [-0.15, -0.1) is 0 Å². The van der Waals surface area contributed by atoms with Crippen LogP contribution in [-0.4, -0.2) is 40.9 Å². The van der Waals surface area contributed by atoms with E-state index in [0.717, 1.165) is 12.5 Å². The van der Waals surface area contributed by atoms with Crippen LogP contribution in [0.5, 0.6) is 0 Å². The highest BCUT2D eigenvalue weighted by molar-refractivity contribution is 4.99. The molecule has 114 valence electrons. The van der Waals surface area contributed by atoms with Crippen LogP contribution in [0.2, 0.25) is 0 Å². The van der Waals surface area contributed by atoms with Gasteiger partial charge in [-0.05, 0) is 64.7 Å². The molecule has 1 fully saturated rings. The van der Waals surface area contributed by atoms with Gasteiger partial charge in [0.15, 0.2) is 0 Å². The summed E-state index contributed by atoms with van der Waals surface area (Å²) in [6, 6.07) is 2.62. The van der Waals surface area contributed by atoms with Crippen LogP contribution in [0, 0.1) is 5.92 Å². The number of nitrogens with one attached hydrogen (secondary N) is 1. The third-order valence-corrected chi connectivity index (χ3v) is 4.03. The summed E-state index contributed by atoms with van der Waals surface area (Å²) in [6.45, 7) is 12.4. The Labute approximate surface area is 123 Å². The molecule has 0 aliphatic carbocycles.